The minimum Gasteiger partial charge on any atom is -0.480 e. The first kappa shape index (κ1) is 14.6. The van der Waals surface area contributed by atoms with E-state index in [4.69, 9.17) is 10.8 Å². The minimum absolute atomic E-state index is 0.0641. The maximum Gasteiger partial charge on any atom is 0.326 e. The standard InChI is InChI=1S/C10H17N3O4S/c11-8(14)5-7(9(15)16)13-10(17)12-6-1-3-18-4-2-6/h6-7H,1-5H2,(H2,11,14)(H,15,16)(H2,12,13,17)/t7-/m0/s1. The second-order valence-electron chi connectivity index (χ2n) is 4.07. The number of hydrogen-bond donors (Lipinski definition) is 4. The summed E-state index contributed by atoms with van der Waals surface area (Å²) in [5.41, 5.74) is 4.91. The number of nitrogens with one attached hydrogen (secondary N) is 2. The summed E-state index contributed by atoms with van der Waals surface area (Å²) in [7, 11) is 0. The Kier molecular flexibility index (Phi) is 5.76. The number of carbonyl (C=O) groups is 3. The van der Waals surface area contributed by atoms with Crippen LogP contribution in [0.1, 0.15) is 19.3 Å². The van der Waals surface area contributed by atoms with E-state index in [1.165, 1.54) is 0 Å². The highest BCUT2D eigenvalue weighted by Gasteiger charge is 2.23. The maximum absolute atomic E-state index is 11.6. The molecule has 1 saturated heterocycles. The summed E-state index contributed by atoms with van der Waals surface area (Å²) in [5, 5.41) is 13.8. The average Bonchev–Trinajstić information content (AvgIpc) is 2.28. The van der Waals surface area contributed by atoms with E-state index >= 15 is 0 Å². The van der Waals surface area contributed by atoms with Gasteiger partial charge in [0.25, 0.3) is 0 Å². The van der Waals surface area contributed by atoms with Crippen LogP contribution in [0.5, 0.6) is 0 Å². The van der Waals surface area contributed by atoms with Crippen molar-refractivity contribution in [2.75, 3.05) is 11.5 Å². The Morgan fingerprint density at radius 2 is 1.94 bits per heavy atom. The Morgan fingerprint density at radius 3 is 2.44 bits per heavy atom. The molecule has 0 unspecified atom stereocenters. The van der Waals surface area contributed by atoms with E-state index in [-0.39, 0.29) is 6.04 Å². The van der Waals surface area contributed by atoms with Crippen LogP contribution in [0.15, 0.2) is 0 Å². The molecule has 1 aliphatic heterocycles. The van der Waals surface area contributed by atoms with Crippen LogP contribution in [0.2, 0.25) is 0 Å². The number of nitrogens with two attached hydrogens (primary N) is 1. The van der Waals surface area contributed by atoms with E-state index in [0.717, 1.165) is 24.3 Å². The van der Waals surface area contributed by atoms with Crippen molar-refractivity contribution in [2.24, 2.45) is 5.73 Å². The van der Waals surface area contributed by atoms with Gasteiger partial charge in [-0.05, 0) is 24.3 Å². The summed E-state index contributed by atoms with van der Waals surface area (Å²) in [5.74, 6) is -0.0803. The molecule has 0 aromatic carbocycles. The summed E-state index contributed by atoms with van der Waals surface area (Å²) in [4.78, 5) is 33.0. The highest BCUT2D eigenvalue weighted by molar-refractivity contribution is 7.99. The van der Waals surface area contributed by atoms with Gasteiger partial charge in [-0.2, -0.15) is 11.8 Å². The fourth-order valence-electron chi connectivity index (χ4n) is 1.63. The van der Waals surface area contributed by atoms with Crippen LogP contribution in [0.25, 0.3) is 0 Å². The lowest BCUT2D eigenvalue weighted by Crippen LogP contribution is -2.50. The second kappa shape index (κ2) is 7.10. The van der Waals surface area contributed by atoms with Gasteiger partial charge in [-0.15, -0.1) is 0 Å². The zero-order valence-corrected chi connectivity index (χ0v) is 10.7. The highest BCUT2D eigenvalue weighted by Crippen LogP contribution is 2.16. The molecule has 0 spiro atoms. The summed E-state index contributed by atoms with van der Waals surface area (Å²) in [6.07, 6.45) is 1.32. The largest absolute Gasteiger partial charge is 0.480 e. The van der Waals surface area contributed by atoms with Gasteiger partial charge in [0.1, 0.15) is 6.04 Å². The predicted molar refractivity (Wildman–Crippen MR) is 67.2 cm³/mol. The molecular formula is C10H17N3O4S. The molecule has 3 amide bonds. The summed E-state index contributed by atoms with van der Waals surface area (Å²) < 4.78 is 0. The number of carboxylic acids is 1. The quantitative estimate of drug-likeness (QED) is 0.539. The number of primary amides is 1. The van der Waals surface area contributed by atoms with Gasteiger partial charge in [0.15, 0.2) is 0 Å². The van der Waals surface area contributed by atoms with E-state index in [1.54, 1.807) is 0 Å². The molecule has 18 heavy (non-hydrogen) atoms. The molecule has 0 radical (unpaired) electrons. The zero-order valence-electron chi connectivity index (χ0n) is 9.85. The van der Waals surface area contributed by atoms with Gasteiger partial charge in [-0.25, -0.2) is 9.59 Å². The minimum atomic E-state index is -1.28. The maximum atomic E-state index is 11.6. The van der Waals surface area contributed by atoms with Crippen molar-refractivity contribution in [3.63, 3.8) is 0 Å². The van der Waals surface area contributed by atoms with Gasteiger partial charge >= 0.3 is 12.0 Å². The Balaban J connectivity index is 2.40. The van der Waals surface area contributed by atoms with E-state index < -0.39 is 30.4 Å². The normalized spacial score (nSPS) is 17.8. The van der Waals surface area contributed by atoms with Crippen molar-refractivity contribution < 1.29 is 19.5 Å². The van der Waals surface area contributed by atoms with Gasteiger partial charge in [0.2, 0.25) is 5.91 Å². The molecular weight excluding hydrogens is 258 g/mol. The van der Waals surface area contributed by atoms with Crippen LogP contribution in [0.3, 0.4) is 0 Å². The number of carbonyl (C=O) groups excluding carboxylic acids is 2. The second-order valence-corrected chi connectivity index (χ2v) is 5.29. The molecule has 1 atom stereocenters. The third-order valence-corrected chi connectivity index (χ3v) is 3.61. The Bertz CT molecular complexity index is 331. The van der Waals surface area contributed by atoms with Crippen molar-refractivity contribution in [1.82, 2.24) is 10.6 Å². The Hall–Kier alpha value is -1.44. The van der Waals surface area contributed by atoms with E-state index in [0.29, 0.717) is 0 Å². The topological polar surface area (TPSA) is 122 Å². The summed E-state index contributed by atoms with van der Waals surface area (Å²) in [6.45, 7) is 0. The van der Waals surface area contributed by atoms with Crippen molar-refractivity contribution in [3.05, 3.63) is 0 Å². The molecule has 1 rings (SSSR count). The molecule has 0 saturated carbocycles. The third-order valence-electron chi connectivity index (χ3n) is 2.57. The predicted octanol–water partition coefficient (Wildman–Crippen LogP) is -0.490. The third kappa shape index (κ3) is 5.26. The average molecular weight is 275 g/mol. The monoisotopic (exact) mass is 275 g/mol. The smallest absolute Gasteiger partial charge is 0.326 e. The van der Waals surface area contributed by atoms with E-state index in [1.807, 2.05) is 11.8 Å². The van der Waals surface area contributed by atoms with Gasteiger partial charge in [0.05, 0.1) is 6.42 Å². The van der Waals surface area contributed by atoms with Gasteiger partial charge in [-0.1, -0.05) is 0 Å². The van der Waals surface area contributed by atoms with Crippen LogP contribution in [0.4, 0.5) is 4.79 Å². The summed E-state index contributed by atoms with van der Waals surface area (Å²) in [6, 6.07) is -1.78. The Labute approximate surface area is 109 Å². The first-order valence-electron chi connectivity index (χ1n) is 5.65. The van der Waals surface area contributed by atoms with Gasteiger partial charge < -0.3 is 21.5 Å². The van der Waals surface area contributed by atoms with E-state index in [9.17, 15) is 14.4 Å². The van der Waals surface area contributed by atoms with Crippen LogP contribution in [0, 0.1) is 0 Å². The molecule has 0 bridgehead atoms. The molecule has 0 aliphatic carbocycles. The van der Waals surface area contributed by atoms with Crippen molar-refractivity contribution in [1.29, 1.82) is 0 Å². The molecule has 8 heteroatoms. The lowest BCUT2D eigenvalue weighted by Gasteiger charge is -2.23. The van der Waals surface area contributed by atoms with Crippen molar-refractivity contribution in [2.45, 2.75) is 31.3 Å². The Morgan fingerprint density at radius 1 is 1.33 bits per heavy atom. The lowest BCUT2D eigenvalue weighted by molar-refractivity contribution is -0.140. The first-order chi connectivity index (χ1) is 8.49. The fourth-order valence-corrected chi connectivity index (χ4v) is 2.73. The number of carboxylic acid groups (broad SMARTS) is 1. The number of aliphatic carboxylic acids is 1. The molecule has 1 heterocycles. The lowest BCUT2D eigenvalue weighted by atomic mass is 10.1. The SMILES string of the molecule is NC(=O)C[C@H](NC(=O)NC1CCSCC1)C(=O)O. The molecule has 102 valence electrons. The number of urea groups is 1. The molecule has 1 fully saturated rings. The van der Waals surface area contributed by atoms with Crippen molar-refractivity contribution >= 4 is 29.7 Å². The zero-order chi connectivity index (χ0) is 13.5. The van der Waals surface area contributed by atoms with Crippen LogP contribution < -0.4 is 16.4 Å². The van der Waals surface area contributed by atoms with Crippen molar-refractivity contribution in [3.8, 4) is 0 Å². The number of hydrogen-bond acceptors (Lipinski definition) is 4. The molecule has 5 N–H and O–H groups in total. The van der Waals surface area contributed by atoms with Gasteiger partial charge in [-0.3, -0.25) is 4.79 Å². The molecule has 0 aromatic heterocycles. The molecule has 0 aromatic rings. The number of thioether (sulfide) groups is 1. The van der Waals surface area contributed by atoms with Crippen LogP contribution >= 0.6 is 11.8 Å². The number of amides is 3. The van der Waals surface area contributed by atoms with Gasteiger partial charge in [0, 0.05) is 6.04 Å². The van der Waals surface area contributed by atoms with Crippen LogP contribution in [-0.2, 0) is 9.59 Å². The molecule has 7 nitrogen and oxygen atoms in total. The summed E-state index contributed by atoms with van der Waals surface area (Å²) >= 11 is 1.83. The van der Waals surface area contributed by atoms with E-state index in [2.05, 4.69) is 10.6 Å². The number of rotatable bonds is 5. The first-order valence-corrected chi connectivity index (χ1v) is 6.80. The molecule has 1 aliphatic rings. The fraction of sp³-hybridized carbons (Fsp3) is 0.700. The van der Waals surface area contributed by atoms with Crippen LogP contribution in [-0.4, -0.2) is 46.6 Å². The highest BCUT2D eigenvalue weighted by atomic mass is 32.2.